The number of anilines is 1. The number of hydrogen-bond acceptors (Lipinski definition) is 3. The van der Waals surface area contributed by atoms with Crippen LogP contribution in [0.15, 0.2) is 54.7 Å². The molecule has 0 atom stereocenters. The van der Waals surface area contributed by atoms with Gasteiger partial charge in [0.05, 0.1) is 5.56 Å². The summed E-state index contributed by atoms with van der Waals surface area (Å²) < 4.78 is 65.0. The normalized spacial score (nSPS) is 11.4. The highest BCUT2D eigenvalue weighted by Gasteiger charge is 2.30. The van der Waals surface area contributed by atoms with Crippen molar-refractivity contribution < 1.29 is 22.0 Å². The van der Waals surface area contributed by atoms with Crippen molar-refractivity contribution >= 4 is 5.82 Å². The van der Waals surface area contributed by atoms with Crippen LogP contribution in [0.5, 0.6) is 0 Å². The molecule has 3 nitrogen and oxygen atoms in total. The zero-order valence-corrected chi connectivity index (χ0v) is 13.2. The van der Waals surface area contributed by atoms with E-state index >= 15 is 0 Å². The Morgan fingerprint density at radius 1 is 0.962 bits per heavy atom. The van der Waals surface area contributed by atoms with Gasteiger partial charge in [0, 0.05) is 29.9 Å². The second kappa shape index (κ2) is 7.07. The number of alkyl halides is 3. The van der Waals surface area contributed by atoms with E-state index in [1.54, 1.807) is 0 Å². The van der Waals surface area contributed by atoms with Crippen LogP contribution >= 0.6 is 0 Å². The Kier molecular flexibility index (Phi) is 4.83. The van der Waals surface area contributed by atoms with Gasteiger partial charge in [-0.25, -0.2) is 18.7 Å². The summed E-state index contributed by atoms with van der Waals surface area (Å²) in [7, 11) is 0. The van der Waals surface area contributed by atoms with Gasteiger partial charge in [0.2, 0.25) is 0 Å². The summed E-state index contributed by atoms with van der Waals surface area (Å²) in [5.74, 6) is -0.985. The number of nitrogens with one attached hydrogen (secondary N) is 1. The molecule has 1 heterocycles. The number of benzene rings is 2. The molecule has 0 spiro atoms. The highest BCUT2D eigenvalue weighted by molar-refractivity contribution is 5.58. The number of nitrogens with zero attached hydrogens (tertiary/aromatic N) is 2. The molecule has 3 rings (SSSR count). The lowest BCUT2D eigenvalue weighted by Crippen LogP contribution is -2.06. The number of hydrogen-bond donors (Lipinski definition) is 1. The predicted molar refractivity (Wildman–Crippen MR) is 86.2 cm³/mol. The van der Waals surface area contributed by atoms with Gasteiger partial charge < -0.3 is 5.32 Å². The summed E-state index contributed by atoms with van der Waals surface area (Å²) in [6, 6.07) is 9.36. The van der Waals surface area contributed by atoms with Gasteiger partial charge in [0.25, 0.3) is 0 Å². The molecule has 1 aromatic heterocycles. The molecule has 0 aliphatic rings. The van der Waals surface area contributed by atoms with E-state index in [9.17, 15) is 22.0 Å². The van der Waals surface area contributed by atoms with Gasteiger partial charge in [0.15, 0.2) is 5.82 Å². The predicted octanol–water partition coefficient (Wildman–Crippen LogP) is 5.05. The van der Waals surface area contributed by atoms with Crippen molar-refractivity contribution in [3.63, 3.8) is 0 Å². The first-order valence-electron chi connectivity index (χ1n) is 7.51. The summed E-state index contributed by atoms with van der Waals surface area (Å²) in [5, 5.41) is 2.84. The van der Waals surface area contributed by atoms with Gasteiger partial charge in [-0.05, 0) is 24.3 Å². The van der Waals surface area contributed by atoms with Crippen LogP contribution in [-0.2, 0) is 12.7 Å². The highest BCUT2D eigenvalue weighted by Crippen LogP contribution is 2.31. The van der Waals surface area contributed by atoms with Crippen molar-refractivity contribution in [2.24, 2.45) is 0 Å². The summed E-state index contributed by atoms with van der Waals surface area (Å²) in [6.07, 6.45) is -3.09. The van der Waals surface area contributed by atoms with E-state index in [-0.39, 0.29) is 23.5 Å². The monoisotopic (exact) mass is 365 g/mol. The van der Waals surface area contributed by atoms with Gasteiger partial charge in [-0.3, -0.25) is 0 Å². The van der Waals surface area contributed by atoms with Crippen LogP contribution < -0.4 is 5.32 Å². The number of aromatic nitrogens is 2. The van der Waals surface area contributed by atoms with Crippen LogP contribution in [-0.4, -0.2) is 9.97 Å². The first kappa shape index (κ1) is 17.8. The summed E-state index contributed by atoms with van der Waals surface area (Å²) in [6.45, 7) is 0.0329. The molecule has 8 heteroatoms. The van der Waals surface area contributed by atoms with Crippen molar-refractivity contribution in [1.82, 2.24) is 9.97 Å². The fourth-order valence-corrected chi connectivity index (χ4v) is 2.28. The Balaban J connectivity index is 1.80. The molecule has 134 valence electrons. The van der Waals surface area contributed by atoms with Crippen LogP contribution in [0.4, 0.5) is 27.8 Å². The molecule has 0 aliphatic carbocycles. The van der Waals surface area contributed by atoms with E-state index in [4.69, 9.17) is 0 Å². The van der Waals surface area contributed by atoms with Gasteiger partial charge in [0.1, 0.15) is 17.5 Å². The fraction of sp³-hybridized carbons (Fsp3) is 0.111. The van der Waals surface area contributed by atoms with Gasteiger partial charge in [-0.2, -0.15) is 13.2 Å². The number of halogens is 5. The van der Waals surface area contributed by atoms with E-state index in [0.29, 0.717) is 5.82 Å². The molecule has 1 N–H and O–H groups in total. The maximum atomic E-state index is 13.6. The Hall–Kier alpha value is -3.03. The average Bonchev–Trinajstić information content (AvgIpc) is 2.61. The summed E-state index contributed by atoms with van der Waals surface area (Å²) >= 11 is 0. The molecule has 0 amide bonds. The first-order valence-corrected chi connectivity index (χ1v) is 7.51. The molecule has 0 unspecified atom stereocenters. The summed E-state index contributed by atoms with van der Waals surface area (Å²) in [4.78, 5) is 8.12. The molecular formula is C18H12F5N3. The summed E-state index contributed by atoms with van der Waals surface area (Å²) in [5.41, 5.74) is -0.368. The second-order valence-electron chi connectivity index (χ2n) is 5.43. The van der Waals surface area contributed by atoms with Crippen LogP contribution in [0.1, 0.15) is 11.1 Å². The maximum absolute atomic E-state index is 13.6. The minimum absolute atomic E-state index is 0.0329. The minimum atomic E-state index is -4.47. The van der Waals surface area contributed by atoms with E-state index < -0.39 is 23.4 Å². The lowest BCUT2D eigenvalue weighted by atomic mass is 10.1. The first-order chi connectivity index (χ1) is 12.3. The largest absolute Gasteiger partial charge is 0.416 e. The Morgan fingerprint density at radius 3 is 2.50 bits per heavy atom. The lowest BCUT2D eigenvalue weighted by molar-refractivity contribution is -0.137. The third-order valence-electron chi connectivity index (χ3n) is 3.58. The molecule has 26 heavy (non-hydrogen) atoms. The molecule has 0 aliphatic heterocycles. The van der Waals surface area contributed by atoms with Crippen LogP contribution in [0, 0.1) is 11.6 Å². The standard InChI is InChI=1S/C18H12F5N3/c19-14-5-4-12(15(20)9-14)10-25-16-6-7-24-17(26-16)11-2-1-3-13(8-11)18(21,22)23/h1-9H,10H2,(H,24,25,26). The molecule has 2 aromatic carbocycles. The third-order valence-corrected chi connectivity index (χ3v) is 3.58. The minimum Gasteiger partial charge on any atom is -0.366 e. The Labute approximate surface area is 145 Å². The average molecular weight is 365 g/mol. The van der Waals surface area contributed by atoms with Crippen molar-refractivity contribution in [1.29, 1.82) is 0 Å². The van der Waals surface area contributed by atoms with Crippen molar-refractivity contribution in [3.05, 3.63) is 77.5 Å². The fourth-order valence-electron chi connectivity index (χ4n) is 2.28. The van der Waals surface area contributed by atoms with E-state index in [2.05, 4.69) is 15.3 Å². The molecule has 0 radical (unpaired) electrons. The molecule has 0 bridgehead atoms. The zero-order valence-electron chi connectivity index (χ0n) is 13.2. The molecule has 0 saturated heterocycles. The lowest BCUT2D eigenvalue weighted by Gasteiger charge is -2.10. The maximum Gasteiger partial charge on any atom is 0.416 e. The Morgan fingerprint density at radius 2 is 1.77 bits per heavy atom. The second-order valence-corrected chi connectivity index (χ2v) is 5.43. The van der Waals surface area contributed by atoms with Crippen LogP contribution in [0.25, 0.3) is 11.4 Å². The SMILES string of the molecule is Fc1ccc(CNc2ccnc(-c3cccc(C(F)(F)F)c3)n2)c(F)c1. The van der Waals surface area contributed by atoms with Crippen molar-refractivity contribution in [3.8, 4) is 11.4 Å². The van der Waals surface area contributed by atoms with E-state index in [1.807, 2.05) is 0 Å². The van der Waals surface area contributed by atoms with Crippen LogP contribution in [0.3, 0.4) is 0 Å². The van der Waals surface area contributed by atoms with Crippen LogP contribution in [0.2, 0.25) is 0 Å². The molecule has 0 fully saturated rings. The molecule has 3 aromatic rings. The topological polar surface area (TPSA) is 37.8 Å². The highest BCUT2D eigenvalue weighted by atomic mass is 19.4. The van der Waals surface area contributed by atoms with Crippen molar-refractivity contribution in [2.75, 3.05) is 5.32 Å². The van der Waals surface area contributed by atoms with Gasteiger partial charge >= 0.3 is 6.18 Å². The van der Waals surface area contributed by atoms with Crippen molar-refractivity contribution in [2.45, 2.75) is 12.7 Å². The van der Waals surface area contributed by atoms with Gasteiger partial charge in [-0.15, -0.1) is 0 Å². The quantitative estimate of drug-likeness (QED) is 0.658. The Bertz CT molecular complexity index is 925. The smallest absolute Gasteiger partial charge is 0.366 e. The third kappa shape index (κ3) is 4.14. The molecule has 0 saturated carbocycles. The zero-order chi connectivity index (χ0) is 18.7. The van der Waals surface area contributed by atoms with E-state index in [1.165, 1.54) is 30.5 Å². The molecular weight excluding hydrogens is 353 g/mol. The number of rotatable bonds is 4. The van der Waals surface area contributed by atoms with E-state index in [0.717, 1.165) is 24.3 Å². The van der Waals surface area contributed by atoms with Gasteiger partial charge in [-0.1, -0.05) is 18.2 Å².